The molecule has 2 aromatic rings. The van der Waals surface area contributed by atoms with Crippen molar-refractivity contribution < 1.29 is 8.42 Å². The molecule has 1 heterocycles. The number of anilines is 2. The SMILES string of the molecule is Cc1ccc(C#N)cc1NS(=O)(=O)c1ncccc1N. The quantitative estimate of drug-likeness (QED) is 0.892. The Bertz CT molecular complexity index is 794. The number of benzene rings is 1. The Hall–Kier alpha value is -2.59. The molecule has 0 bridgehead atoms. The number of sulfonamides is 1. The zero-order valence-electron chi connectivity index (χ0n) is 10.7. The van der Waals surface area contributed by atoms with Crippen molar-refractivity contribution in [1.29, 1.82) is 5.26 Å². The van der Waals surface area contributed by atoms with Gasteiger partial charge >= 0.3 is 0 Å². The van der Waals surface area contributed by atoms with Crippen molar-refractivity contribution in [3.05, 3.63) is 47.7 Å². The van der Waals surface area contributed by atoms with Crippen LogP contribution in [0.1, 0.15) is 11.1 Å². The van der Waals surface area contributed by atoms with Crippen molar-refractivity contribution in [3.63, 3.8) is 0 Å². The number of aryl methyl sites for hydroxylation is 1. The van der Waals surface area contributed by atoms with E-state index in [9.17, 15) is 8.42 Å². The Morgan fingerprint density at radius 2 is 2.10 bits per heavy atom. The molecular formula is C13H12N4O2S. The maximum absolute atomic E-state index is 12.2. The highest BCUT2D eigenvalue weighted by Crippen LogP contribution is 2.22. The van der Waals surface area contributed by atoms with Gasteiger partial charge in [0.25, 0.3) is 10.0 Å². The molecule has 0 unspecified atom stereocenters. The van der Waals surface area contributed by atoms with Crippen molar-refractivity contribution >= 4 is 21.4 Å². The lowest BCUT2D eigenvalue weighted by molar-refractivity contribution is 0.598. The van der Waals surface area contributed by atoms with Gasteiger partial charge in [-0.05, 0) is 36.8 Å². The molecule has 0 aliphatic heterocycles. The zero-order chi connectivity index (χ0) is 14.8. The Morgan fingerprint density at radius 3 is 2.75 bits per heavy atom. The Labute approximate surface area is 116 Å². The van der Waals surface area contributed by atoms with E-state index in [-0.39, 0.29) is 10.7 Å². The molecule has 6 nitrogen and oxygen atoms in total. The van der Waals surface area contributed by atoms with Crippen molar-refractivity contribution in [2.24, 2.45) is 0 Å². The second kappa shape index (κ2) is 5.19. The number of nitrogens with zero attached hydrogens (tertiary/aromatic N) is 2. The fourth-order valence-electron chi connectivity index (χ4n) is 1.62. The van der Waals surface area contributed by atoms with Crippen LogP contribution >= 0.6 is 0 Å². The van der Waals surface area contributed by atoms with Gasteiger partial charge in [-0.15, -0.1) is 0 Å². The molecule has 7 heteroatoms. The zero-order valence-corrected chi connectivity index (χ0v) is 11.5. The Morgan fingerprint density at radius 1 is 1.35 bits per heavy atom. The normalized spacial score (nSPS) is 10.8. The summed E-state index contributed by atoms with van der Waals surface area (Å²) in [5.41, 5.74) is 7.07. The van der Waals surface area contributed by atoms with Gasteiger partial charge in [0.05, 0.1) is 23.0 Å². The topological polar surface area (TPSA) is 109 Å². The van der Waals surface area contributed by atoms with Crippen molar-refractivity contribution in [1.82, 2.24) is 4.98 Å². The molecule has 2 rings (SSSR count). The molecule has 0 aliphatic rings. The minimum atomic E-state index is -3.89. The van der Waals surface area contributed by atoms with Gasteiger partial charge in [-0.2, -0.15) is 13.7 Å². The van der Waals surface area contributed by atoms with Gasteiger partial charge in [0.2, 0.25) is 0 Å². The smallest absolute Gasteiger partial charge is 0.281 e. The van der Waals surface area contributed by atoms with Crippen LogP contribution in [0.3, 0.4) is 0 Å². The minimum absolute atomic E-state index is 0.0640. The number of hydrogen-bond acceptors (Lipinski definition) is 5. The van der Waals surface area contributed by atoms with E-state index in [1.54, 1.807) is 25.1 Å². The highest BCUT2D eigenvalue weighted by Gasteiger charge is 2.19. The van der Waals surface area contributed by atoms with Gasteiger partial charge in [-0.25, -0.2) is 4.98 Å². The molecule has 0 amide bonds. The molecule has 0 saturated heterocycles. The molecular weight excluding hydrogens is 276 g/mol. The number of rotatable bonds is 3. The van der Waals surface area contributed by atoms with E-state index >= 15 is 0 Å². The number of pyridine rings is 1. The maximum Gasteiger partial charge on any atom is 0.281 e. The minimum Gasteiger partial charge on any atom is -0.396 e. The monoisotopic (exact) mass is 288 g/mol. The van der Waals surface area contributed by atoms with Crippen molar-refractivity contribution in [2.75, 3.05) is 10.5 Å². The second-order valence-electron chi connectivity index (χ2n) is 4.14. The van der Waals surface area contributed by atoms with E-state index in [1.165, 1.54) is 18.3 Å². The number of hydrogen-bond donors (Lipinski definition) is 2. The number of nitrogens with one attached hydrogen (secondary N) is 1. The highest BCUT2D eigenvalue weighted by atomic mass is 32.2. The summed E-state index contributed by atoms with van der Waals surface area (Å²) in [6.07, 6.45) is 1.35. The van der Waals surface area contributed by atoms with E-state index in [2.05, 4.69) is 9.71 Å². The summed E-state index contributed by atoms with van der Waals surface area (Å²) in [5, 5.41) is 8.62. The van der Waals surface area contributed by atoms with Crippen LogP contribution in [0.4, 0.5) is 11.4 Å². The number of nitriles is 1. The molecule has 102 valence electrons. The maximum atomic E-state index is 12.2. The summed E-state index contributed by atoms with van der Waals surface area (Å²) in [6.45, 7) is 1.74. The fraction of sp³-hybridized carbons (Fsp3) is 0.0769. The third-order valence-corrected chi connectivity index (χ3v) is 4.00. The molecule has 0 radical (unpaired) electrons. The molecule has 0 atom stereocenters. The predicted molar refractivity (Wildman–Crippen MR) is 75.4 cm³/mol. The number of nitrogens with two attached hydrogens (primary N) is 1. The second-order valence-corrected chi connectivity index (χ2v) is 5.74. The molecule has 20 heavy (non-hydrogen) atoms. The van der Waals surface area contributed by atoms with Crippen LogP contribution in [0.2, 0.25) is 0 Å². The van der Waals surface area contributed by atoms with Crippen LogP contribution in [0.25, 0.3) is 0 Å². The van der Waals surface area contributed by atoms with Gasteiger partial charge in [-0.3, -0.25) is 4.72 Å². The van der Waals surface area contributed by atoms with Crippen LogP contribution in [0.15, 0.2) is 41.6 Å². The first-order valence-electron chi connectivity index (χ1n) is 5.68. The molecule has 1 aromatic carbocycles. The van der Waals surface area contributed by atoms with E-state index in [4.69, 9.17) is 11.0 Å². The molecule has 0 aliphatic carbocycles. The van der Waals surface area contributed by atoms with Crippen LogP contribution in [0.5, 0.6) is 0 Å². The van der Waals surface area contributed by atoms with Crippen LogP contribution in [-0.4, -0.2) is 13.4 Å². The lowest BCUT2D eigenvalue weighted by Crippen LogP contribution is -2.17. The summed E-state index contributed by atoms with van der Waals surface area (Å²) in [4.78, 5) is 3.78. The molecule has 3 N–H and O–H groups in total. The summed E-state index contributed by atoms with van der Waals surface area (Å²) in [6, 6.07) is 9.71. The average molecular weight is 288 g/mol. The number of nitrogen functional groups attached to an aromatic ring is 1. The van der Waals surface area contributed by atoms with E-state index in [1.807, 2.05) is 6.07 Å². The average Bonchev–Trinajstić information content (AvgIpc) is 2.41. The van der Waals surface area contributed by atoms with Gasteiger partial charge in [0.1, 0.15) is 0 Å². The summed E-state index contributed by atoms with van der Waals surface area (Å²) < 4.78 is 26.9. The molecule has 0 spiro atoms. The Balaban J connectivity index is 2.44. The lowest BCUT2D eigenvalue weighted by atomic mass is 10.1. The molecule has 1 aromatic heterocycles. The van der Waals surface area contributed by atoms with E-state index in [0.29, 0.717) is 16.8 Å². The van der Waals surface area contributed by atoms with Gasteiger partial charge in [-0.1, -0.05) is 6.07 Å². The standard InChI is InChI=1S/C13H12N4O2S/c1-9-4-5-10(8-14)7-12(9)17-20(18,19)13-11(15)3-2-6-16-13/h2-7,17H,15H2,1H3. The first-order chi connectivity index (χ1) is 9.44. The Kier molecular flexibility index (Phi) is 3.59. The van der Waals surface area contributed by atoms with E-state index < -0.39 is 10.0 Å². The summed E-state index contributed by atoms with van der Waals surface area (Å²) >= 11 is 0. The van der Waals surface area contributed by atoms with Crippen LogP contribution in [0, 0.1) is 18.3 Å². The predicted octanol–water partition coefficient (Wildman–Crippen LogP) is 1.64. The third kappa shape index (κ3) is 2.70. The van der Waals surface area contributed by atoms with Gasteiger partial charge in [0.15, 0.2) is 5.03 Å². The largest absolute Gasteiger partial charge is 0.396 e. The lowest BCUT2D eigenvalue weighted by Gasteiger charge is -2.11. The highest BCUT2D eigenvalue weighted by molar-refractivity contribution is 7.92. The van der Waals surface area contributed by atoms with Gasteiger partial charge in [0, 0.05) is 6.20 Å². The third-order valence-electron chi connectivity index (χ3n) is 2.67. The van der Waals surface area contributed by atoms with Crippen molar-refractivity contribution in [2.45, 2.75) is 11.9 Å². The summed E-state index contributed by atoms with van der Waals surface area (Å²) in [7, 11) is -3.89. The molecule has 0 fully saturated rings. The first-order valence-corrected chi connectivity index (χ1v) is 7.16. The fourth-order valence-corrected chi connectivity index (χ4v) is 2.81. The van der Waals surface area contributed by atoms with Gasteiger partial charge < -0.3 is 5.73 Å². The van der Waals surface area contributed by atoms with Crippen LogP contribution in [-0.2, 0) is 10.0 Å². The van der Waals surface area contributed by atoms with Crippen LogP contribution < -0.4 is 10.5 Å². The van der Waals surface area contributed by atoms with E-state index in [0.717, 1.165) is 0 Å². The first kappa shape index (κ1) is 13.8. The number of aromatic nitrogens is 1. The summed E-state index contributed by atoms with van der Waals surface area (Å²) in [5.74, 6) is 0. The molecule has 0 saturated carbocycles. The van der Waals surface area contributed by atoms with Crippen molar-refractivity contribution in [3.8, 4) is 6.07 Å².